The highest BCUT2D eigenvalue weighted by molar-refractivity contribution is 5.72. The maximum Gasteiger partial charge on any atom is 0.478 e. The molecule has 0 amide bonds. The topological polar surface area (TPSA) is 137 Å². The number of phenols is 2. The second-order valence-electron chi connectivity index (χ2n) is 5.32. The first-order chi connectivity index (χ1) is 12.6. The molecule has 140 valence electrons. The Morgan fingerprint density at radius 2 is 1.85 bits per heavy atom. The van der Waals surface area contributed by atoms with Gasteiger partial charge in [0.05, 0.1) is 10.5 Å². The molecule has 2 aromatic heterocycles. The molecule has 3 aromatic rings. The fourth-order valence-electron chi connectivity index (χ4n) is 2.28. The van der Waals surface area contributed by atoms with Crippen molar-refractivity contribution in [2.45, 2.75) is 6.18 Å². The lowest BCUT2D eigenvalue weighted by molar-refractivity contribution is -0.628. The van der Waals surface area contributed by atoms with Gasteiger partial charge in [0.25, 0.3) is 5.69 Å². The van der Waals surface area contributed by atoms with E-state index in [0.717, 1.165) is 18.2 Å². The van der Waals surface area contributed by atoms with E-state index in [2.05, 4.69) is 5.16 Å². The number of nitro groups is 1. The third-order valence-electron chi connectivity index (χ3n) is 3.56. The largest absolute Gasteiger partial charge is 0.618 e. The van der Waals surface area contributed by atoms with Crippen LogP contribution in [-0.2, 0) is 6.18 Å². The Kier molecular flexibility index (Phi) is 4.10. The predicted octanol–water partition coefficient (Wildman–Crippen LogP) is 2.98. The zero-order valence-electron chi connectivity index (χ0n) is 13.0. The molecular weight excluding hydrogens is 375 g/mol. The van der Waals surface area contributed by atoms with Gasteiger partial charge in [-0.2, -0.15) is 17.9 Å². The number of aromatic nitrogens is 2. The van der Waals surface area contributed by atoms with Gasteiger partial charge in [-0.05, 0) is 12.1 Å². The standard InChI is InChI=1S/C15H8F3N3O6/c16-15(17,18)13-2-1-7(6-20(13)24)12-5-9(19-27-12)8-3-10(21(25)26)14(23)11(22)4-8/h1-6,22-23H. The van der Waals surface area contributed by atoms with Gasteiger partial charge in [-0.3, -0.25) is 10.1 Å². The summed E-state index contributed by atoms with van der Waals surface area (Å²) in [7, 11) is 0. The third-order valence-corrected chi connectivity index (χ3v) is 3.56. The first-order valence-electron chi connectivity index (χ1n) is 7.06. The fourth-order valence-corrected chi connectivity index (χ4v) is 2.28. The van der Waals surface area contributed by atoms with Gasteiger partial charge in [-0.1, -0.05) is 5.16 Å². The molecule has 1 aromatic carbocycles. The number of rotatable bonds is 3. The lowest BCUT2D eigenvalue weighted by Crippen LogP contribution is -2.36. The van der Waals surface area contributed by atoms with E-state index in [0.29, 0.717) is 12.3 Å². The Bertz CT molecular complexity index is 1050. The average molecular weight is 383 g/mol. The number of nitrogens with zero attached hydrogens (tertiary/aromatic N) is 3. The number of phenolic OH excluding ortho intramolecular Hbond substituents is 2. The highest BCUT2D eigenvalue weighted by atomic mass is 19.4. The summed E-state index contributed by atoms with van der Waals surface area (Å²) in [5.41, 5.74) is -2.21. The Hall–Kier alpha value is -3.83. The predicted molar refractivity (Wildman–Crippen MR) is 81.3 cm³/mol. The molecule has 3 rings (SSSR count). The van der Waals surface area contributed by atoms with Gasteiger partial charge in [0.15, 0.2) is 17.7 Å². The van der Waals surface area contributed by atoms with E-state index in [1.807, 2.05) is 0 Å². The molecule has 2 N–H and O–H groups in total. The summed E-state index contributed by atoms with van der Waals surface area (Å²) in [6.07, 6.45) is -4.18. The van der Waals surface area contributed by atoms with Gasteiger partial charge in [0.2, 0.25) is 5.75 Å². The van der Waals surface area contributed by atoms with Crippen molar-refractivity contribution >= 4 is 5.69 Å². The molecule has 0 spiro atoms. The van der Waals surface area contributed by atoms with E-state index in [4.69, 9.17) is 4.52 Å². The van der Waals surface area contributed by atoms with Gasteiger partial charge < -0.3 is 19.9 Å². The number of hydrogen-bond acceptors (Lipinski definition) is 7. The number of hydrogen-bond donors (Lipinski definition) is 2. The molecule has 9 nitrogen and oxygen atoms in total. The summed E-state index contributed by atoms with van der Waals surface area (Å²) in [6, 6.07) is 4.69. The van der Waals surface area contributed by atoms with E-state index in [1.54, 1.807) is 0 Å². The molecule has 0 aliphatic carbocycles. The summed E-state index contributed by atoms with van der Waals surface area (Å²) in [4.78, 5) is 9.97. The number of alkyl halides is 3. The molecule has 0 aliphatic rings. The summed E-state index contributed by atoms with van der Waals surface area (Å²) < 4.78 is 42.5. The van der Waals surface area contributed by atoms with Crippen LogP contribution >= 0.6 is 0 Å². The highest BCUT2D eigenvalue weighted by Crippen LogP contribution is 2.39. The van der Waals surface area contributed by atoms with Crippen LogP contribution in [0.5, 0.6) is 11.5 Å². The molecule has 2 heterocycles. The molecule has 0 radical (unpaired) electrons. The minimum atomic E-state index is -4.82. The Labute approximate surface area is 147 Å². The lowest BCUT2D eigenvalue weighted by atomic mass is 10.1. The van der Waals surface area contributed by atoms with Crippen molar-refractivity contribution in [2.75, 3.05) is 0 Å². The van der Waals surface area contributed by atoms with E-state index < -0.39 is 34.0 Å². The van der Waals surface area contributed by atoms with Crippen LogP contribution < -0.4 is 4.73 Å². The van der Waals surface area contributed by atoms with E-state index in [-0.39, 0.29) is 27.3 Å². The number of halogens is 3. The van der Waals surface area contributed by atoms with Crippen molar-refractivity contribution in [3.05, 3.63) is 57.5 Å². The number of benzene rings is 1. The average Bonchev–Trinajstić information content (AvgIpc) is 3.05. The molecule has 0 bridgehead atoms. The SMILES string of the molecule is O=[N+]([O-])c1cc(-c2cc(-c3ccc(C(F)(F)F)[n+]([O-])c3)on2)cc(O)c1O. The van der Waals surface area contributed by atoms with Crippen LogP contribution in [0.2, 0.25) is 0 Å². The van der Waals surface area contributed by atoms with Gasteiger partial charge in [0, 0.05) is 23.8 Å². The van der Waals surface area contributed by atoms with Gasteiger partial charge in [-0.25, -0.2) is 0 Å². The fraction of sp³-hybridized carbons (Fsp3) is 0.0667. The molecular formula is C15H8F3N3O6. The van der Waals surface area contributed by atoms with Crippen molar-refractivity contribution in [2.24, 2.45) is 0 Å². The van der Waals surface area contributed by atoms with Crippen LogP contribution in [-0.4, -0.2) is 20.3 Å². The molecule has 0 unspecified atom stereocenters. The summed E-state index contributed by atoms with van der Waals surface area (Å²) in [6.45, 7) is 0. The Morgan fingerprint density at radius 1 is 1.15 bits per heavy atom. The van der Waals surface area contributed by atoms with Crippen molar-refractivity contribution in [3.63, 3.8) is 0 Å². The molecule has 12 heteroatoms. The van der Waals surface area contributed by atoms with Gasteiger partial charge >= 0.3 is 11.9 Å². The van der Waals surface area contributed by atoms with Crippen LogP contribution in [0.4, 0.5) is 18.9 Å². The lowest BCUT2D eigenvalue weighted by Gasteiger charge is -2.07. The first-order valence-corrected chi connectivity index (χ1v) is 7.06. The molecule has 0 aliphatic heterocycles. The first kappa shape index (κ1) is 18.0. The van der Waals surface area contributed by atoms with Crippen molar-refractivity contribution in [3.8, 4) is 34.1 Å². The quantitative estimate of drug-likeness (QED) is 0.233. The van der Waals surface area contributed by atoms with Gasteiger partial charge in [0.1, 0.15) is 5.69 Å². The Balaban J connectivity index is 2.01. The summed E-state index contributed by atoms with van der Waals surface area (Å²) in [5, 5.41) is 45.1. The maximum absolute atomic E-state index is 12.6. The van der Waals surface area contributed by atoms with E-state index in [1.165, 1.54) is 6.07 Å². The molecule has 0 fully saturated rings. The van der Waals surface area contributed by atoms with Crippen LogP contribution in [0.15, 0.2) is 41.1 Å². The zero-order chi connectivity index (χ0) is 19.9. The molecule has 0 saturated carbocycles. The summed E-state index contributed by atoms with van der Waals surface area (Å²) in [5.74, 6) is -1.78. The minimum absolute atomic E-state index is 0.00825. The second-order valence-corrected chi connectivity index (χ2v) is 5.32. The molecule has 0 saturated heterocycles. The zero-order valence-corrected chi connectivity index (χ0v) is 13.0. The van der Waals surface area contributed by atoms with Crippen molar-refractivity contribution < 1.29 is 37.6 Å². The second kappa shape index (κ2) is 6.16. The number of pyridine rings is 1. The monoisotopic (exact) mass is 383 g/mol. The maximum atomic E-state index is 12.6. The van der Waals surface area contributed by atoms with Crippen LogP contribution in [0.1, 0.15) is 5.69 Å². The molecule has 27 heavy (non-hydrogen) atoms. The van der Waals surface area contributed by atoms with Crippen LogP contribution in [0.3, 0.4) is 0 Å². The van der Waals surface area contributed by atoms with Gasteiger partial charge in [-0.15, -0.1) is 0 Å². The van der Waals surface area contributed by atoms with Crippen molar-refractivity contribution in [1.82, 2.24) is 5.16 Å². The Morgan fingerprint density at radius 3 is 2.44 bits per heavy atom. The summed E-state index contributed by atoms with van der Waals surface area (Å²) >= 11 is 0. The highest BCUT2D eigenvalue weighted by Gasteiger charge is 2.39. The van der Waals surface area contributed by atoms with E-state index in [9.17, 15) is 38.7 Å². The normalized spacial score (nSPS) is 11.5. The molecule has 0 atom stereocenters. The van der Waals surface area contributed by atoms with Crippen molar-refractivity contribution in [1.29, 1.82) is 0 Å². The van der Waals surface area contributed by atoms with Crippen LogP contribution in [0, 0.1) is 15.3 Å². The third kappa shape index (κ3) is 3.31. The van der Waals surface area contributed by atoms with Crippen LogP contribution in [0.25, 0.3) is 22.6 Å². The minimum Gasteiger partial charge on any atom is -0.618 e. The number of aromatic hydroxyl groups is 2. The van der Waals surface area contributed by atoms with E-state index >= 15 is 0 Å². The smallest absolute Gasteiger partial charge is 0.478 e. The number of nitro benzene ring substituents is 1.